The molecule has 4 atom stereocenters. The molecule has 1 aliphatic rings. The van der Waals surface area contributed by atoms with Gasteiger partial charge in [0, 0.05) is 12.0 Å². The summed E-state index contributed by atoms with van der Waals surface area (Å²) in [6.07, 6.45) is 14.5. The van der Waals surface area contributed by atoms with Gasteiger partial charge in [0.1, 0.15) is 0 Å². The summed E-state index contributed by atoms with van der Waals surface area (Å²) >= 11 is 0. The maximum absolute atomic E-state index is 6.67. The van der Waals surface area contributed by atoms with Crippen LogP contribution in [-0.2, 0) is 9.47 Å². The standard InChI is InChI=1S/C27H40O2/c1-7-12-16-23(8-2)19-22(6)20-27(11-5)21-26(9-3,10-4)28-25(29-27)24-17-14-13-15-18-24/h7,9,12-15,17-18,20,23,25H,3,8,10-11,16,19,21H2,1-2,4-6H3/b12-7+,22-20+/t23-,25+,26-,27-/m0/s1. The molecular formula is C27H40O2. The highest BCUT2D eigenvalue weighted by Crippen LogP contribution is 2.46. The molecule has 0 radical (unpaired) electrons. The Bertz CT molecular complexity index is 690. The van der Waals surface area contributed by atoms with Crippen LogP contribution < -0.4 is 0 Å². The van der Waals surface area contributed by atoms with Gasteiger partial charge in [-0.2, -0.15) is 0 Å². The maximum atomic E-state index is 6.67. The van der Waals surface area contributed by atoms with E-state index in [9.17, 15) is 0 Å². The highest BCUT2D eigenvalue weighted by molar-refractivity contribution is 5.21. The molecule has 1 heterocycles. The highest BCUT2D eigenvalue weighted by atomic mass is 16.7. The maximum Gasteiger partial charge on any atom is 0.185 e. The van der Waals surface area contributed by atoms with Crippen molar-refractivity contribution >= 4 is 0 Å². The van der Waals surface area contributed by atoms with Gasteiger partial charge in [0.15, 0.2) is 6.29 Å². The van der Waals surface area contributed by atoms with Crippen LogP contribution >= 0.6 is 0 Å². The molecule has 2 nitrogen and oxygen atoms in total. The summed E-state index contributed by atoms with van der Waals surface area (Å²) in [6.45, 7) is 15.2. The number of rotatable bonds is 10. The third-order valence-corrected chi connectivity index (χ3v) is 6.33. The smallest absolute Gasteiger partial charge is 0.185 e. The number of allylic oxidation sites excluding steroid dienone is 3. The Kier molecular flexibility index (Phi) is 8.92. The normalized spacial score (nSPS) is 29.1. The predicted octanol–water partition coefficient (Wildman–Crippen LogP) is 7.93. The SMILES string of the molecule is C=C[C@]1(CC)C[C@@](/C=C(\C)C[C@@H](CC)C/C=C/C)(CC)O[C@H](c2ccccc2)O1. The van der Waals surface area contributed by atoms with E-state index in [1.54, 1.807) is 0 Å². The van der Waals surface area contributed by atoms with E-state index < -0.39 is 0 Å². The first kappa shape index (κ1) is 23.6. The minimum absolute atomic E-state index is 0.341. The molecule has 0 unspecified atom stereocenters. The molecule has 0 saturated carbocycles. The summed E-state index contributed by atoms with van der Waals surface area (Å²) in [4.78, 5) is 0. The molecule has 0 amide bonds. The van der Waals surface area contributed by atoms with E-state index in [0.717, 1.165) is 37.7 Å². The Hall–Kier alpha value is -1.64. The monoisotopic (exact) mass is 396 g/mol. The van der Waals surface area contributed by atoms with Crippen molar-refractivity contribution in [1.82, 2.24) is 0 Å². The van der Waals surface area contributed by atoms with Crippen LogP contribution in [-0.4, -0.2) is 11.2 Å². The first-order valence-electron chi connectivity index (χ1n) is 11.3. The quantitative estimate of drug-likeness (QED) is 0.374. The fourth-order valence-electron chi connectivity index (χ4n) is 4.34. The number of ether oxygens (including phenoxy) is 2. The van der Waals surface area contributed by atoms with Crippen LogP contribution in [0.5, 0.6) is 0 Å². The van der Waals surface area contributed by atoms with Crippen molar-refractivity contribution in [3.63, 3.8) is 0 Å². The zero-order valence-corrected chi connectivity index (χ0v) is 19.1. The summed E-state index contributed by atoms with van der Waals surface area (Å²) in [5.74, 6) is 0.677. The largest absolute Gasteiger partial charge is 0.338 e. The average molecular weight is 397 g/mol. The molecule has 1 saturated heterocycles. The van der Waals surface area contributed by atoms with Crippen molar-refractivity contribution in [1.29, 1.82) is 0 Å². The average Bonchev–Trinajstić information content (AvgIpc) is 2.76. The van der Waals surface area contributed by atoms with Crippen molar-refractivity contribution in [2.75, 3.05) is 0 Å². The van der Waals surface area contributed by atoms with Gasteiger partial charge in [0.05, 0.1) is 11.2 Å². The fourth-order valence-corrected chi connectivity index (χ4v) is 4.34. The highest BCUT2D eigenvalue weighted by Gasteiger charge is 2.46. The predicted molar refractivity (Wildman–Crippen MR) is 124 cm³/mol. The van der Waals surface area contributed by atoms with E-state index in [0.29, 0.717) is 5.92 Å². The van der Waals surface area contributed by atoms with Gasteiger partial charge in [-0.3, -0.25) is 0 Å². The zero-order valence-electron chi connectivity index (χ0n) is 19.1. The summed E-state index contributed by atoms with van der Waals surface area (Å²) in [7, 11) is 0. The van der Waals surface area contributed by atoms with Crippen LogP contribution in [0.4, 0.5) is 0 Å². The van der Waals surface area contributed by atoms with E-state index in [1.165, 1.54) is 12.0 Å². The van der Waals surface area contributed by atoms with Gasteiger partial charge >= 0.3 is 0 Å². The molecule has 2 heteroatoms. The number of hydrogen-bond acceptors (Lipinski definition) is 2. The second-order valence-electron chi connectivity index (χ2n) is 8.47. The second kappa shape index (κ2) is 10.9. The van der Waals surface area contributed by atoms with Crippen LogP contribution in [0.25, 0.3) is 0 Å². The Labute approximate surface area is 178 Å². The molecule has 0 aromatic heterocycles. The summed E-state index contributed by atoms with van der Waals surface area (Å²) in [5.41, 5.74) is 1.76. The van der Waals surface area contributed by atoms with Crippen molar-refractivity contribution in [2.24, 2.45) is 5.92 Å². The lowest BCUT2D eigenvalue weighted by Crippen LogP contribution is -2.49. The van der Waals surface area contributed by atoms with E-state index in [-0.39, 0.29) is 17.5 Å². The number of benzene rings is 1. The van der Waals surface area contributed by atoms with Crippen molar-refractivity contribution < 1.29 is 9.47 Å². The Morgan fingerprint density at radius 2 is 1.79 bits per heavy atom. The fraction of sp³-hybridized carbons (Fsp3) is 0.556. The van der Waals surface area contributed by atoms with Crippen LogP contribution in [0, 0.1) is 5.92 Å². The first-order valence-corrected chi connectivity index (χ1v) is 11.3. The molecule has 29 heavy (non-hydrogen) atoms. The lowest BCUT2D eigenvalue weighted by atomic mass is 9.80. The van der Waals surface area contributed by atoms with Crippen LogP contribution in [0.3, 0.4) is 0 Å². The summed E-state index contributed by atoms with van der Waals surface area (Å²) < 4.78 is 13.1. The molecule has 160 valence electrons. The van der Waals surface area contributed by atoms with Crippen LogP contribution in [0.1, 0.15) is 85.0 Å². The zero-order chi connectivity index (χ0) is 21.3. The molecule has 0 bridgehead atoms. The van der Waals surface area contributed by atoms with Gasteiger partial charge in [-0.1, -0.05) is 87.4 Å². The Balaban J connectivity index is 2.34. The molecule has 0 spiro atoms. The van der Waals surface area contributed by atoms with Crippen molar-refractivity contribution in [3.8, 4) is 0 Å². The van der Waals surface area contributed by atoms with Crippen LogP contribution in [0.2, 0.25) is 0 Å². The van der Waals surface area contributed by atoms with Crippen LogP contribution in [0.15, 0.2) is 66.8 Å². The molecule has 1 aliphatic heterocycles. The Morgan fingerprint density at radius 1 is 1.14 bits per heavy atom. The second-order valence-corrected chi connectivity index (χ2v) is 8.47. The lowest BCUT2D eigenvalue weighted by Gasteiger charge is -2.48. The third kappa shape index (κ3) is 6.17. The van der Waals surface area contributed by atoms with Gasteiger partial charge in [0.2, 0.25) is 0 Å². The Morgan fingerprint density at radius 3 is 2.34 bits per heavy atom. The van der Waals surface area contributed by atoms with Crippen molar-refractivity contribution in [2.45, 2.75) is 90.6 Å². The molecule has 1 aromatic rings. The topological polar surface area (TPSA) is 18.5 Å². The summed E-state index contributed by atoms with van der Waals surface area (Å²) in [6, 6.07) is 10.3. The third-order valence-electron chi connectivity index (χ3n) is 6.33. The van der Waals surface area contributed by atoms with E-state index in [1.807, 2.05) is 24.3 Å². The van der Waals surface area contributed by atoms with Gasteiger partial charge in [0.25, 0.3) is 0 Å². The molecular weight excluding hydrogens is 356 g/mol. The minimum Gasteiger partial charge on any atom is -0.338 e. The van der Waals surface area contributed by atoms with Crippen molar-refractivity contribution in [3.05, 3.63) is 72.4 Å². The van der Waals surface area contributed by atoms with Gasteiger partial charge in [-0.15, -0.1) is 6.58 Å². The minimum atomic E-state index is -0.378. The summed E-state index contributed by atoms with van der Waals surface area (Å²) in [5, 5.41) is 0. The molecule has 0 aliphatic carbocycles. The van der Waals surface area contributed by atoms with E-state index in [2.05, 4.69) is 71.6 Å². The van der Waals surface area contributed by atoms with Gasteiger partial charge < -0.3 is 9.47 Å². The molecule has 1 aromatic carbocycles. The molecule has 2 rings (SSSR count). The van der Waals surface area contributed by atoms with Gasteiger partial charge in [-0.05, 0) is 45.4 Å². The lowest BCUT2D eigenvalue weighted by molar-refractivity contribution is -0.298. The first-order chi connectivity index (χ1) is 13.9. The van der Waals surface area contributed by atoms with E-state index in [4.69, 9.17) is 9.47 Å². The van der Waals surface area contributed by atoms with Gasteiger partial charge in [-0.25, -0.2) is 0 Å². The molecule has 0 N–H and O–H groups in total. The number of hydrogen-bond donors (Lipinski definition) is 0. The van der Waals surface area contributed by atoms with E-state index >= 15 is 0 Å². The molecule has 1 fully saturated rings.